The van der Waals surface area contributed by atoms with Crippen LogP contribution in [0.1, 0.15) is 10.5 Å². The van der Waals surface area contributed by atoms with Gasteiger partial charge in [0, 0.05) is 17.8 Å². The number of hydrogen-bond donors (Lipinski definition) is 0. The first-order chi connectivity index (χ1) is 11.2. The summed E-state index contributed by atoms with van der Waals surface area (Å²) in [6, 6.07) is 7.52. The maximum atomic E-state index is 12.4. The van der Waals surface area contributed by atoms with Crippen LogP contribution in [-0.4, -0.2) is 46.5 Å². The molecule has 7 heteroatoms. The normalized spacial score (nSPS) is 14.7. The number of methoxy groups -OCH3 is 1. The molecule has 1 aliphatic rings. The lowest BCUT2D eigenvalue weighted by atomic mass is 10.1. The Hall–Kier alpha value is -2.54. The van der Waals surface area contributed by atoms with Gasteiger partial charge in [-0.15, -0.1) is 11.3 Å². The van der Waals surface area contributed by atoms with Crippen LogP contribution in [0.15, 0.2) is 42.0 Å². The molecule has 1 aromatic carbocycles. The van der Waals surface area contributed by atoms with Crippen molar-refractivity contribution in [3.63, 3.8) is 0 Å². The molecule has 0 N–H and O–H groups in total. The van der Waals surface area contributed by atoms with Crippen LogP contribution in [0.2, 0.25) is 0 Å². The molecule has 1 saturated heterocycles. The van der Waals surface area contributed by atoms with Gasteiger partial charge in [0.15, 0.2) is 16.5 Å². The fourth-order valence-electron chi connectivity index (χ4n) is 2.57. The van der Waals surface area contributed by atoms with Gasteiger partial charge in [0.1, 0.15) is 11.8 Å². The number of amides is 1. The zero-order valence-electron chi connectivity index (χ0n) is 12.5. The molecule has 1 fully saturated rings. The van der Waals surface area contributed by atoms with Crippen molar-refractivity contribution in [3.05, 3.63) is 47.7 Å². The first-order valence-electron chi connectivity index (χ1n) is 7.26. The zero-order valence-corrected chi connectivity index (χ0v) is 13.3. The second-order valence-corrected chi connectivity index (χ2v) is 6.19. The second kappa shape index (κ2) is 5.58. The third-order valence-corrected chi connectivity index (χ3v) is 4.58. The van der Waals surface area contributed by atoms with Crippen LogP contribution in [0, 0.1) is 0 Å². The van der Waals surface area contributed by atoms with Gasteiger partial charge < -0.3 is 14.4 Å². The summed E-state index contributed by atoms with van der Waals surface area (Å²) in [6.07, 6.45) is 3.65. The molecule has 0 atom stereocenters. The van der Waals surface area contributed by atoms with Crippen molar-refractivity contribution in [3.8, 4) is 11.5 Å². The van der Waals surface area contributed by atoms with E-state index in [-0.39, 0.29) is 12.0 Å². The van der Waals surface area contributed by atoms with Gasteiger partial charge in [0.2, 0.25) is 0 Å². The summed E-state index contributed by atoms with van der Waals surface area (Å²) in [5.74, 6) is 1.35. The van der Waals surface area contributed by atoms with E-state index in [4.69, 9.17) is 9.47 Å². The lowest BCUT2D eigenvalue weighted by Crippen LogP contribution is -2.56. The fourth-order valence-corrected chi connectivity index (χ4v) is 3.27. The summed E-state index contributed by atoms with van der Waals surface area (Å²) >= 11 is 1.51. The third kappa shape index (κ3) is 2.53. The number of thiazole rings is 1. The van der Waals surface area contributed by atoms with Crippen LogP contribution in [0.25, 0.3) is 4.96 Å². The molecule has 0 aliphatic carbocycles. The number of rotatable bonds is 4. The van der Waals surface area contributed by atoms with E-state index in [0.717, 1.165) is 4.96 Å². The van der Waals surface area contributed by atoms with Crippen molar-refractivity contribution in [1.82, 2.24) is 14.3 Å². The topological polar surface area (TPSA) is 56.1 Å². The van der Waals surface area contributed by atoms with Crippen molar-refractivity contribution in [2.24, 2.45) is 0 Å². The quantitative estimate of drug-likeness (QED) is 0.737. The Labute approximate surface area is 136 Å². The monoisotopic (exact) mass is 329 g/mol. The van der Waals surface area contributed by atoms with Gasteiger partial charge in [-0.3, -0.25) is 9.20 Å². The van der Waals surface area contributed by atoms with Crippen LogP contribution in [-0.2, 0) is 0 Å². The molecule has 4 rings (SSSR count). The first kappa shape index (κ1) is 14.1. The number of fused-ring (bicyclic) bond motifs is 1. The molecule has 23 heavy (non-hydrogen) atoms. The summed E-state index contributed by atoms with van der Waals surface area (Å²) < 4.78 is 13.0. The van der Waals surface area contributed by atoms with Gasteiger partial charge >= 0.3 is 0 Å². The largest absolute Gasteiger partial charge is 0.493 e. The summed E-state index contributed by atoms with van der Waals surface area (Å²) in [5.41, 5.74) is 0.479. The van der Waals surface area contributed by atoms with Crippen LogP contribution < -0.4 is 9.47 Å². The van der Waals surface area contributed by atoms with E-state index in [0.29, 0.717) is 30.3 Å². The average Bonchev–Trinajstić information content (AvgIpc) is 3.11. The van der Waals surface area contributed by atoms with Gasteiger partial charge in [-0.05, 0) is 12.1 Å². The average molecular weight is 329 g/mol. The minimum absolute atomic E-state index is 0.0148. The Bertz CT molecular complexity index is 823. The van der Waals surface area contributed by atoms with Crippen molar-refractivity contribution in [1.29, 1.82) is 0 Å². The van der Waals surface area contributed by atoms with Crippen molar-refractivity contribution in [2.45, 2.75) is 6.10 Å². The number of carbonyl (C=O) groups is 1. The highest BCUT2D eigenvalue weighted by Gasteiger charge is 2.34. The molecule has 0 bridgehead atoms. The Kier molecular flexibility index (Phi) is 3.42. The number of aromatic nitrogens is 2. The molecule has 0 saturated carbocycles. The zero-order chi connectivity index (χ0) is 15.8. The van der Waals surface area contributed by atoms with Crippen LogP contribution >= 0.6 is 11.3 Å². The molecule has 1 amide bonds. The number of benzene rings is 1. The molecule has 3 aromatic rings. The highest BCUT2D eigenvalue weighted by Crippen LogP contribution is 2.29. The van der Waals surface area contributed by atoms with E-state index in [1.165, 1.54) is 11.3 Å². The first-order valence-corrected chi connectivity index (χ1v) is 8.13. The number of carbonyl (C=O) groups excluding carboxylic acids is 1. The molecular weight excluding hydrogens is 314 g/mol. The van der Waals surface area contributed by atoms with Crippen molar-refractivity contribution >= 4 is 22.2 Å². The van der Waals surface area contributed by atoms with Crippen LogP contribution in [0.3, 0.4) is 0 Å². The predicted molar refractivity (Wildman–Crippen MR) is 86.4 cm³/mol. The molecule has 6 nitrogen and oxygen atoms in total. The van der Waals surface area contributed by atoms with E-state index in [1.54, 1.807) is 18.2 Å². The molecule has 0 unspecified atom stereocenters. The summed E-state index contributed by atoms with van der Waals surface area (Å²) in [7, 11) is 1.61. The number of imidazole rings is 1. The predicted octanol–water partition coefficient (Wildman–Crippen LogP) is 2.31. The minimum atomic E-state index is -0.0548. The van der Waals surface area contributed by atoms with Crippen LogP contribution in [0.4, 0.5) is 0 Å². The molecule has 2 aromatic heterocycles. The minimum Gasteiger partial charge on any atom is -0.493 e. The standard InChI is InChI=1S/C16H15N3O3S/c1-21-13-4-2-3-5-14(13)22-11-8-19(9-11)15(20)12-10-18-6-7-23-16(18)17-12/h2-7,10-11H,8-9H2,1H3. The SMILES string of the molecule is COc1ccccc1OC1CN(C(=O)c2cn3ccsc3n2)C1. The van der Waals surface area contributed by atoms with Crippen molar-refractivity contribution in [2.75, 3.05) is 20.2 Å². The van der Waals surface area contributed by atoms with Gasteiger partial charge in [-0.1, -0.05) is 12.1 Å². The lowest BCUT2D eigenvalue weighted by Gasteiger charge is -2.38. The van der Waals surface area contributed by atoms with E-state index in [9.17, 15) is 4.79 Å². The molecule has 0 radical (unpaired) electrons. The Balaban J connectivity index is 1.39. The Morgan fingerprint density at radius 3 is 2.83 bits per heavy atom. The highest BCUT2D eigenvalue weighted by atomic mass is 32.1. The van der Waals surface area contributed by atoms with Crippen molar-refractivity contribution < 1.29 is 14.3 Å². The number of likely N-dealkylation sites (tertiary alicyclic amines) is 1. The maximum absolute atomic E-state index is 12.4. The Morgan fingerprint density at radius 2 is 2.09 bits per heavy atom. The second-order valence-electron chi connectivity index (χ2n) is 5.32. The summed E-state index contributed by atoms with van der Waals surface area (Å²) in [6.45, 7) is 1.12. The van der Waals surface area contributed by atoms with E-state index in [1.807, 2.05) is 40.2 Å². The molecule has 1 aliphatic heterocycles. The smallest absolute Gasteiger partial charge is 0.274 e. The number of para-hydroxylation sites is 2. The van der Waals surface area contributed by atoms with E-state index in [2.05, 4.69) is 4.98 Å². The molecular formula is C16H15N3O3S. The van der Waals surface area contributed by atoms with Gasteiger partial charge in [-0.25, -0.2) is 4.98 Å². The highest BCUT2D eigenvalue weighted by molar-refractivity contribution is 7.15. The lowest BCUT2D eigenvalue weighted by molar-refractivity contribution is 0.0165. The Morgan fingerprint density at radius 1 is 1.30 bits per heavy atom. The van der Waals surface area contributed by atoms with Gasteiger partial charge in [0.25, 0.3) is 5.91 Å². The fraction of sp³-hybridized carbons (Fsp3) is 0.250. The van der Waals surface area contributed by atoms with E-state index < -0.39 is 0 Å². The van der Waals surface area contributed by atoms with Gasteiger partial charge in [-0.2, -0.15) is 0 Å². The number of ether oxygens (including phenoxy) is 2. The van der Waals surface area contributed by atoms with Crippen LogP contribution in [0.5, 0.6) is 11.5 Å². The van der Waals surface area contributed by atoms with E-state index >= 15 is 0 Å². The molecule has 118 valence electrons. The summed E-state index contributed by atoms with van der Waals surface area (Å²) in [5, 5.41) is 1.94. The molecule has 0 spiro atoms. The number of nitrogens with zero attached hydrogens (tertiary/aromatic N) is 3. The molecule has 3 heterocycles. The maximum Gasteiger partial charge on any atom is 0.274 e. The van der Waals surface area contributed by atoms with Gasteiger partial charge in [0.05, 0.1) is 20.2 Å². The third-order valence-electron chi connectivity index (χ3n) is 3.81. The summed E-state index contributed by atoms with van der Waals surface area (Å²) in [4.78, 5) is 19.3. The number of hydrogen-bond acceptors (Lipinski definition) is 5.